The molecule has 0 bridgehead atoms. The molecule has 130 valence electrons. The van der Waals surface area contributed by atoms with Crippen molar-refractivity contribution in [3.05, 3.63) is 60.2 Å². The normalized spacial score (nSPS) is 17.4. The van der Waals surface area contributed by atoms with Gasteiger partial charge in [0.1, 0.15) is 0 Å². The van der Waals surface area contributed by atoms with E-state index >= 15 is 0 Å². The van der Waals surface area contributed by atoms with E-state index in [0.29, 0.717) is 6.42 Å². The molecular weight excluding hydrogens is 314 g/mol. The lowest BCUT2D eigenvalue weighted by Gasteiger charge is -2.17. The number of hydrogen-bond donors (Lipinski definition) is 1. The van der Waals surface area contributed by atoms with Crippen LogP contribution in [0.3, 0.4) is 0 Å². The molecule has 0 heterocycles. The number of amides is 1. The fourth-order valence-corrected chi connectivity index (χ4v) is 3.27. The van der Waals surface area contributed by atoms with Crippen LogP contribution < -0.4 is 5.32 Å². The van der Waals surface area contributed by atoms with Crippen LogP contribution in [0.15, 0.2) is 54.6 Å². The first-order valence-electron chi connectivity index (χ1n) is 8.73. The molecule has 0 radical (unpaired) electrons. The van der Waals surface area contributed by atoms with Crippen LogP contribution in [0.4, 0.5) is 0 Å². The van der Waals surface area contributed by atoms with Gasteiger partial charge >= 0.3 is 5.97 Å². The minimum absolute atomic E-state index is 0.157. The Bertz CT molecular complexity index is 791. The summed E-state index contributed by atoms with van der Waals surface area (Å²) in [7, 11) is 0. The summed E-state index contributed by atoms with van der Waals surface area (Å²) in [4.78, 5) is 23.9. The molecule has 0 saturated heterocycles. The number of allylic oxidation sites excluding steroid dienone is 2. The van der Waals surface area contributed by atoms with E-state index in [9.17, 15) is 9.59 Å². The SMILES string of the molecule is C[C@H](NC(=O)COC(=O)C[C@H]1C=CCC1)c1cccc2ccccc12. The second-order valence-electron chi connectivity index (χ2n) is 6.49. The summed E-state index contributed by atoms with van der Waals surface area (Å²) in [5.74, 6) is -0.342. The molecule has 2 aromatic carbocycles. The number of benzene rings is 2. The van der Waals surface area contributed by atoms with Gasteiger partial charge < -0.3 is 10.1 Å². The zero-order chi connectivity index (χ0) is 17.6. The highest BCUT2D eigenvalue weighted by molar-refractivity contribution is 5.87. The van der Waals surface area contributed by atoms with Gasteiger partial charge in [0, 0.05) is 0 Å². The van der Waals surface area contributed by atoms with Crippen molar-refractivity contribution in [2.75, 3.05) is 6.61 Å². The Morgan fingerprint density at radius 2 is 2.00 bits per heavy atom. The van der Waals surface area contributed by atoms with Gasteiger partial charge in [-0.25, -0.2) is 0 Å². The van der Waals surface area contributed by atoms with E-state index in [1.165, 1.54) is 0 Å². The standard InChI is InChI=1S/C21H23NO3/c1-15(18-12-6-10-17-9-4-5-11-19(17)18)22-20(23)14-25-21(24)13-16-7-2-3-8-16/h2,4-7,9-12,15-16H,3,8,13-14H2,1H3,(H,22,23)/t15-,16-/m0/s1. The lowest BCUT2D eigenvalue weighted by atomic mass is 10.00. The van der Waals surface area contributed by atoms with Crippen LogP contribution in [0.2, 0.25) is 0 Å². The van der Waals surface area contributed by atoms with E-state index in [1.807, 2.05) is 55.5 Å². The molecule has 2 aromatic rings. The number of nitrogens with one attached hydrogen (secondary N) is 1. The molecule has 0 fully saturated rings. The van der Waals surface area contributed by atoms with Crippen LogP contribution in [0.5, 0.6) is 0 Å². The second-order valence-corrected chi connectivity index (χ2v) is 6.49. The molecule has 0 unspecified atom stereocenters. The predicted molar refractivity (Wildman–Crippen MR) is 97.9 cm³/mol. The molecule has 4 nitrogen and oxygen atoms in total. The first-order chi connectivity index (χ1) is 12.1. The summed E-state index contributed by atoms with van der Waals surface area (Å²) in [6.07, 6.45) is 6.48. The van der Waals surface area contributed by atoms with E-state index < -0.39 is 0 Å². The fraction of sp³-hybridized carbons (Fsp3) is 0.333. The molecule has 0 aromatic heterocycles. The maximum absolute atomic E-state index is 12.1. The van der Waals surface area contributed by atoms with Crippen molar-refractivity contribution in [1.29, 1.82) is 0 Å². The van der Waals surface area contributed by atoms with Crippen molar-refractivity contribution in [3.63, 3.8) is 0 Å². The number of rotatable bonds is 6. The van der Waals surface area contributed by atoms with Crippen LogP contribution in [-0.4, -0.2) is 18.5 Å². The molecule has 0 spiro atoms. The molecule has 0 aliphatic heterocycles. The van der Waals surface area contributed by atoms with Gasteiger partial charge in [0.05, 0.1) is 12.5 Å². The Kier molecular flexibility index (Phi) is 5.49. The molecule has 1 amide bonds. The quantitative estimate of drug-likeness (QED) is 0.642. The molecule has 2 atom stereocenters. The summed E-state index contributed by atoms with van der Waals surface area (Å²) < 4.78 is 5.11. The molecule has 1 N–H and O–H groups in total. The van der Waals surface area contributed by atoms with E-state index in [4.69, 9.17) is 4.74 Å². The Labute approximate surface area is 147 Å². The lowest BCUT2D eigenvalue weighted by Crippen LogP contribution is -2.31. The molecule has 1 aliphatic rings. The first kappa shape index (κ1) is 17.2. The number of carbonyl (C=O) groups excluding carboxylic acids is 2. The van der Waals surface area contributed by atoms with E-state index in [1.54, 1.807) is 0 Å². The lowest BCUT2D eigenvalue weighted by molar-refractivity contribution is -0.149. The first-order valence-corrected chi connectivity index (χ1v) is 8.73. The highest BCUT2D eigenvalue weighted by atomic mass is 16.5. The van der Waals surface area contributed by atoms with Gasteiger partial charge in [-0.1, -0.05) is 54.6 Å². The van der Waals surface area contributed by atoms with Gasteiger partial charge in [-0.3, -0.25) is 9.59 Å². The van der Waals surface area contributed by atoms with E-state index in [2.05, 4.69) is 11.4 Å². The van der Waals surface area contributed by atoms with Crippen molar-refractivity contribution in [2.45, 2.75) is 32.2 Å². The molecule has 0 saturated carbocycles. The zero-order valence-corrected chi connectivity index (χ0v) is 14.4. The highest BCUT2D eigenvalue weighted by Gasteiger charge is 2.17. The average molecular weight is 337 g/mol. The van der Waals surface area contributed by atoms with Crippen molar-refractivity contribution >= 4 is 22.6 Å². The van der Waals surface area contributed by atoms with Gasteiger partial charge in [0.25, 0.3) is 5.91 Å². The van der Waals surface area contributed by atoms with E-state index in [-0.39, 0.29) is 30.4 Å². The Balaban J connectivity index is 1.53. The molecule has 25 heavy (non-hydrogen) atoms. The molecular formula is C21H23NO3. The third-order valence-corrected chi connectivity index (χ3v) is 4.57. The largest absolute Gasteiger partial charge is 0.456 e. The third kappa shape index (κ3) is 4.47. The third-order valence-electron chi connectivity index (χ3n) is 4.57. The minimum Gasteiger partial charge on any atom is -0.456 e. The number of esters is 1. The Morgan fingerprint density at radius 3 is 2.80 bits per heavy atom. The molecule has 4 heteroatoms. The topological polar surface area (TPSA) is 55.4 Å². The van der Waals surface area contributed by atoms with Crippen LogP contribution in [0, 0.1) is 5.92 Å². The second kappa shape index (κ2) is 7.97. The monoisotopic (exact) mass is 337 g/mol. The van der Waals surface area contributed by atoms with Crippen LogP contribution >= 0.6 is 0 Å². The number of carbonyl (C=O) groups is 2. The summed E-state index contributed by atoms with van der Waals surface area (Å²) in [5, 5.41) is 5.16. The predicted octanol–water partition coefficient (Wildman–Crippen LogP) is 3.92. The molecule has 1 aliphatic carbocycles. The van der Waals surface area contributed by atoms with Gasteiger partial charge in [0.15, 0.2) is 6.61 Å². The van der Waals surface area contributed by atoms with Gasteiger partial charge in [-0.05, 0) is 42.0 Å². The number of ether oxygens (including phenoxy) is 1. The summed E-state index contributed by atoms with van der Waals surface area (Å²) in [6.45, 7) is 1.70. The average Bonchev–Trinajstić information content (AvgIpc) is 3.12. The van der Waals surface area contributed by atoms with Crippen LogP contribution in [0.25, 0.3) is 10.8 Å². The van der Waals surface area contributed by atoms with Crippen molar-refractivity contribution in [1.82, 2.24) is 5.32 Å². The van der Waals surface area contributed by atoms with Crippen molar-refractivity contribution < 1.29 is 14.3 Å². The summed E-state index contributed by atoms with van der Waals surface area (Å²) in [5.41, 5.74) is 1.05. The van der Waals surface area contributed by atoms with Gasteiger partial charge in [0.2, 0.25) is 0 Å². The van der Waals surface area contributed by atoms with Crippen molar-refractivity contribution in [3.8, 4) is 0 Å². The zero-order valence-electron chi connectivity index (χ0n) is 14.4. The maximum Gasteiger partial charge on any atom is 0.306 e. The van der Waals surface area contributed by atoms with Crippen LogP contribution in [0.1, 0.15) is 37.8 Å². The summed E-state index contributed by atoms with van der Waals surface area (Å²) in [6, 6.07) is 14.0. The molecule has 3 rings (SSSR count). The highest BCUT2D eigenvalue weighted by Crippen LogP contribution is 2.24. The van der Waals surface area contributed by atoms with Crippen LogP contribution in [-0.2, 0) is 14.3 Å². The van der Waals surface area contributed by atoms with E-state index in [0.717, 1.165) is 29.2 Å². The van der Waals surface area contributed by atoms with Gasteiger partial charge in [-0.15, -0.1) is 0 Å². The fourth-order valence-electron chi connectivity index (χ4n) is 3.27. The minimum atomic E-state index is -0.315. The maximum atomic E-state index is 12.1. The van der Waals surface area contributed by atoms with Gasteiger partial charge in [-0.2, -0.15) is 0 Å². The summed E-state index contributed by atoms with van der Waals surface area (Å²) >= 11 is 0. The smallest absolute Gasteiger partial charge is 0.306 e. The Morgan fingerprint density at radius 1 is 1.20 bits per heavy atom. The van der Waals surface area contributed by atoms with Crippen molar-refractivity contribution in [2.24, 2.45) is 5.92 Å². The number of hydrogen-bond acceptors (Lipinski definition) is 3. The Hall–Kier alpha value is -2.62. The number of fused-ring (bicyclic) bond motifs is 1.